The van der Waals surface area contributed by atoms with E-state index in [2.05, 4.69) is 31.4 Å². The number of halogens is 2. The first-order valence-corrected chi connectivity index (χ1v) is 9.61. The highest BCUT2D eigenvalue weighted by molar-refractivity contribution is 9.11. The van der Waals surface area contributed by atoms with Crippen LogP contribution in [0.2, 0.25) is 0 Å². The van der Waals surface area contributed by atoms with Crippen LogP contribution in [-0.2, 0) is 4.79 Å². The van der Waals surface area contributed by atoms with Crippen LogP contribution in [0.25, 0.3) is 0 Å². The highest BCUT2D eigenvalue weighted by Gasteiger charge is 2.29. The maximum absolute atomic E-state index is 13.7. The van der Waals surface area contributed by atoms with Crippen molar-refractivity contribution in [3.8, 4) is 0 Å². The minimum atomic E-state index is -0.402. The number of carbonyl (C=O) groups is 1. The zero-order chi connectivity index (χ0) is 17.1. The molecule has 24 heavy (non-hydrogen) atoms. The van der Waals surface area contributed by atoms with Crippen molar-refractivity contribution < 1.29 is 9.18 Å². The summed E-state index contributed by atoms with van der Waals surface area (Å²) in [5.41, 5.74) is 2.32. The lowest BCUT2D eigenvalue weighted by atomic mass is 9.85. The molecule has 2 aromatic heterocycles. The largest absolute Gasteiger partial charge is 0.300 e. The van der Waals surface area contributed by atoms with Crippen LogP contribution in [0.15, 0.2) is 45.7 Å². The number of anilines is 1. The predicted molar refractivity (Wildman–Crippen MR) is 98.0 cm³/mol. The molecule has 2 atom stereocenters. The lowest BCUT2D eigenvalue weighted by Crippen LogP contribution is -2.26. The summed E-state index contributed by atoms with van der Waals surface area (Å²) in [6, 6.07) is 10.3. The smallest absolute Gasteiger partial charge is 0.230 e. The SMILES string of the molecule is C[C@@H](C(=O)Nc1nncs1)[C@@H](c1cccc(F)c1)c1ccc(Br)s1. The molecule has 0 aliphatic rings. The Kier molecular flexibility index (Phi) is 5.37. The van der Waals surface area contributed by atoms with Gasteiger partial charge < -0.3 is 5.32 Å². The number of hydrogen-bond acceptors (Lipinski definition) is 5. The molecule has 0 spiro atoms. The molecule has 2 heterocycles. The summed E-state index contributed by atoms with van der Waals surface area (Å²) < 4.78 is 14.7. The maximum Gasteiger partial charge on any atom is 0.230 e. The Morgan fingerprint density at radius 2 is 2.17 bits per heavy atom. The lowest BCUT2D eigenvalue weighted by molar-refractivity contribution is -0.119. The van der Waals surface area contributed by atoms with Gasteiger partial charge in [0.05, 0.1) is 3.79 Å². The molecule has 8 heteroatoms. The van der Waals surface area contributed by atoms with Gasteiger partial charge in [-0.25, -0.2) is 4.39 Å². The Labute approximate surface area is 154 Å². The number of carbonyl (C=O) groups excluding carboxylic acids is 1. The van der Waals surface area contributed by atoms with Gasteiger partial charge in [0, 0.05) is 16.7 Å². The van der Waals surface area contributed by atoms with Gasteiger partial charge in [-0.3, -0.25) is 4.79 Å². The van der Waals surface area contributed by atoms with Crippen molar-refractivity contribution in [1.82, 2.24) is 10.2 Å². The summed E-state index contributed by atoms with van der Waals surface area (Å²) in [6.07, 6.45) is 0. The van der Waals surface area contributed by atoms with Crippen molar-refractivity contribution in [1.29, 1.82) is 0 Å². The van der Waals surface area contributed by atoms with Crippen LogP contribution < -0.4 is 5.32 Å². The van der Waals surface area contributed by atoms with E-state index in [9.17, 15) is 9.18 Å². The predicted octanol–water partition coefficient (Wildman–Crippen LogP) is 4.91. The summed E-state index contributed by atoms with van der Waals surface area (Å²) in [6.45, 7) is 1.83. The van der Waals surface area contributed by atoms with Crippen LogP contribution in [0.4, 0.5) is 9.52 Å². The third kappa shape index (κ3) is 3.88. The highest BCUT2D eigenvalue weighted by atomic mass is 79.9. The zero-order valence-corrected chi connectivity index (χ0v) is 15.8. The molecule has 0 radical (unpaired) electrons. The average molecular weight is 426 g/mol. The molecular formula is C16H13BrFN3OS2. The van der Waals surface area contributed by atoms with Crippen molar-refractivity contribution in [3.05, 3.63) is 62.0 Å². The summed E-state index contributed by atoms with van der Waals surface area (Å²) in [7, 11) is 0. The van der Waals surface area contributed by atoms with E-state index in [1.807, 2.05) is 25.1 Å². The fraction of sp³-hybridized carbons (Fsp3) is 0.188. The lowest BCUT2D eigenvalue weighted by Gasteiger charge is -2.22. The second kappa shape index (κ2) is 7.50. The van der Waals surface area contributed by atoms with E-state index in [1.165, 1.54) is 34.8 Å². The highest BCUT2D eigenvalue weighted by Crippen LogP contribution is 2.38. The first-order chi connectivity index (χ1) is 11.5. The Hall–Kier alpha value is -1.64. The minimum absolute atomic E-state index is 0.175. The molecule has 124 valence electrons. The Balaban J connectivity index is 1.93. The molecule has 1 aromatic carbocycles. The molecular weight excluding hydrogens is 413 g/mol. The molecule has 0 saturated heterocycles. The van der Waals surface area contributed by atoms with Gasteiger partial charge >= 0.3 is 0 Å². The molecule has 1 N–H and O–H groups in total. The molecule has 0 unspecified atom stereocenters. The number of amides is 1. The number of nitrogens with zero attached hydrogens (tertiary/aromatic N) is 2. The van der Waals surface area contributed by atoms with E-state index in [1.54, 1.807) is 11.6 Å². The van der Waals surface area contributed by atoms with E-state index in [4.69, 9.17) is 0 Å². The number of benzene rings is 1. The summed E-state index contributed by atoms with van der Waals surface area (Å²) in [4.78, 5) is 13.6. The van der Waals surface area contributed by atoms with Crippen LogP contribution >= 0.6 is 38.6 Å². The van der Waals surface area contributed by atoms with Gasteiger partial charge in [0.25, 0.3) is 0 Å². The van der Waals surface area contributed by atoms with E-state index in [0.717, 1.165) is 14.2 Å². The number of thiophene rings is 1. The molecule has 0 aliphatic heterocycles. The first-order valence-electron chi connectivity index (χ1n) is 7.12. The normalized spacial score (nSPS) is 13.5. The van der Waals surface area contributed by atoms with Gasteiger partial charge in [-0.05, 0) is 45.8 Å². The first kappa shape index (κ1) is 17.2. The molecule has 0 aliphatic carbocycles. The Morgan fingerprint density at radius 1 is 1.33 bits per heavy atom. The molecule has 4 nitrogen and oxygen atoms in total. The van der Waals surface area contributed by atoms with Crippen LogP contribution in [-0.4, -0.2) is 16.1 Å². The molecule has 1 amide bonds. The van der Waals surface area contributed by atoms with Crippen LogP contribution in [0.3, 0.4) is 0 Å². The third-order valence-corrected chi connectivity index (χ3v) is 5.93. The fourth-order valence-electron chi connectivity index (χ4n) is 2.49. The Morgan fingerprint density at radius 3 is 2.79 bits per heavy atom. The van der Waals surface area contributed by atoms with Gasteiger partial charge in [-0.15, -0.1) is 21.5 Å². The number of nitrogens with one attached hydrogen (secondary N) is 1. The topological polar surface area (TPSA) is 54.9 Å². The standard InChI is InChI=1S/C16H13BrFN3OS2/c1-9(15(22)20-16-21-19-8-23-16)14(12-5-6-13(17)24-12)10-3-2-4-11(18)7-10/h2-9,14H,1H3,(H,20,21,22)/t9-,14+/m1/s1. The number of rotatable bonds is 5. The molecule has 3 rings (SSSR count). The van der Waals surface area contributed by atoms with Gasteiger partial charge in [0.2, 0.25) is 11.0 Å². The van der Waals surface area contributed by atoms with E-state index >= 15 is 0 Å². The van der Waals surface area contributed by atoms with Crippen molar-refractivity contribution in [2.75, 3.05) is 5.32 Å². The van der Waals surface area contributed by atoms with Gasteiger partial charge in [0.15, 0.2) is 0 Å². The summed E-state index contributed by atoms with van der Waals surface area (Å²) in [5, 5.41) is 10.8. The second-order valence-electron chi connectivity index (χ2n) is 5.20. The van der Waals surface area contributed by atoms with E-state index in [-0.39, 0.29) is 17.6 Å². The van der Waals surface area contributed by atoms with Crippen LogP contribution in [0.1, 0.15) is 23.3 Å². The zero-order valence-electron chi connectivity index (χ0n) is 12.6. The van der Waals surface area contributed by atoms with Crippen molar-refractivity contribution in [2.24, 2.45) is 5.92 Å². The van der Waals surface area contributed by atoms with Crippen LogP contribution in [0.5, 0.6) is 0 Å². The number of aromatic nitrogens is 2. The van der Waals surface area contributed by atoms with Gasteiger partial charge in [-0.2, -0.15) is 0 Å². The fourth-order valence-corrected chi connectivity index (χ4v) is 4.60. The van der Waals surface area contributed by atoms with E-state index < -0.39 is 5.92 Å². The number of hydrogen-bond donors (Lipinski definition) is 1. The minimum Gasteiger partial charge on any atom is -0.300 e. The second-order valence-corrected chi connectivity index (χ2v) is 8.52. The van der Waals surface area contributed by atoms with Crippen molar-refractivity contribution in [2.45, 2.75) is 12.8 Å². The molecule has 0 bridgehead atoms. The van der Waals surface area contributed by atoms with Gasteiger partial charge in [0.1, 0.15) is 11.3 Å². The Bertz CT molecular complexity index is 837. The third-order valence-electron chi connectivity index (χ3n) is 3.61. The maximum atomic E-state index is 13.7. The van der Waals surface area contributed by atoms with E-state index in [0.29, 0.717) is 5.13 Å². The molecule has 3 aromatic rings. The van der Waals surface area contributed by atoms with Gasteiger partial charge in [-0.1, -0.05) is 30.4 Å². The van der Waals surface area contributed by atoms with Crippen LogP contribution in [0, 0.1) is 11.7 Å². The van der Waals surface area contributed by atoms with Crippen molar-refractivity contribution in [3.63, 3.8) is 0 Å². The molecule has 0 fully saturated rings. The summed E-state index contributed by atoms with van der Waals surface area (Å²) >= 11 is 6.25. The summed E-state index contributed by atoms with van der Waals surface area (Å²) in [5.74, 6) is -1.14. The molecule has 0 saturated carbocycles. The average Bonchev–Trinajstić information content (AvgIpc) is 3.19. The quantitative estimate of drug-likeness (QED) is 0.631. The van der Waals surface area contributed by atoms with Crippen molar-refractivity contribution >= 4 is 49.6 Å². The monoisotopic (exact) mass is 425 g/mol.